The minimum Gasteiger partial charge on any atom is -0.352 e. The molecule has 0 radical (unpaired) electrons. The van der Waals surface area contributed by atoms with Crippen LogP contribution in [0.1, 0.15) is 36.0 Å². The second-order valence-electron chi connectivity index (χ2n) is 4.84. The van der Waals surface area contributed by atoms with Gasteiger partial charge in [-0.3, -0.25) is 4.98 Å². The lowest BCUT2D eigenvalue weighted by Gasteiger charge is -2.26. The second-order valence-corrected chi connectivity index (χ2v) is 6.20. The van der Waals surface area contributed by atoms with E-state index >= 15 is 0 Å². The number of hydrogen-bond donors (Lipinski definition) is 1. The summed E-state index contributed by atoms with van der Waals surface area (Å²) in [7, 11) is 0. The Morgan fingerprint density at radius 3 is 2.90 bits per heavy atom. The Morgan fingerprint density at radius 2 is 2.25 bits per heavy atom. The first-order valence-electron chi connectivity index (χ1n) is 6.82. The van der Waals surface area contributed by atoms with Gasteiger partial charge in [0.05, 0.1) is 17.8 Å². The van der Waals surface area contributed by atoms with Crippen molar-refractivity contribution in [3.63, 3.8) is 0 Å². The predicted molar refractivity (Wildman–Crippen MR) is 86.8 cm³/mol. The summed E-state index contributed by atoms with van der Waals surface area (Å²) in [5, 5.41) is 6.40. The molecule has 104 valence electrons. The lowest BCUT2D eigenvalue weighted by molar-refractivity contribution is 0.322. The fourth-order valence-corrected chi connectivity index (χ4v) is 3.86. The Hall–Kier alpha value is -1.46. The minimum absolute atomic E-state index is 0.133. The van der Waals surface area contributed by atoms with E-state index in [1.54, 1.807) is 11.3 Å². The first-order valence-corrected chi connectivity index (χ1v) is 8.11. The zero-order chi connectivity index (χ0) is 13.9. The molecule has 0 saturated carbocycles. The molecular formula is C15H17N3S2. The Labute approximate surface area is 128 Å². The molecule has 20 heavy (non-hydrogen) atoms. The molecule has 0 unspecified atom stereocenters. The van der Waals surface area contributed by atoms with E-state index in [-0.39, 0.29) is 12.1 Å². The molecule has 2 aromatic rings. The van der Waals surface area contributed by atoms with Crippen LogP contribution in [0, 0.1) is 0 Å². The third-order valence-corrected chi connectivity index (χ3v) is 4.79. The summed E-state index contributed by atoms with van der Waals surface area (Å²) in [6.45, 7) is 3.15. The standard InChI is InChI=1S/C15H17N3S2/c1-2-9-18-14(12-7-5-10-20-12)13(17-15(18)19)11-6-3-4-8-16-11/h3-8,10,13-14H,2,9H2,1H3,(H,17,19)/t13-,14+/m1/s1. The van der Waals surface area contributed by atoms with Gasteiger partial charge in [-0.15, -0.1) is 11.3 Å². The first-order chi connectivity index (χ1) is 9.81. The highest BCUT2D eigenvalue weighted by Gasteiger charge is 2.39. The highest BCUT2D eigenvalue weighted by molar-refractivity contribution is 7.80. The van der Waals surface area contributed by atoms with Crippen LogP contribution in [0.25, 0.3) is 0 Å². The number of pyridine rings is 1. The van der Waals surface area contributed by atoms with Crippen molar-refractivity contribution in [2.24, 2.45) is 0 Å². The second kappa shape index (κ2) is 5.89. The fourth-order valence-electron chi connectivity index (χ4n) is 2.66. The van der Waals surface area contributed by atoms with Crippen LogP contribution in [-0.4, -0.2) is 21.5 Å². The van der Waals surface area contributed by atoms with Gasteiger partial charge in [0.1, 0.15) is 0 Å². The van der Waals surface area contributed by atoms with Gasteiger partial charge >= 0.3 is 0 Å². The van der Waals surface area contributed by atoms with E-state index in [1.807, 2.05) is 18.3 Å². The smallest absolute Gasteiger partial charge is 0.170 e. The quantitative estimate of drug-likeness (QED) is 0.875. The summed E-state index contributed by atoms with van der Waals surface area (Å²) in [6, 6.07) is 10.7. The highest BCUT2D eigenvalue weighted by atomic mass is 32.1. The number of hydrogen-bond acceptors (Lipinski definition) is 3. The molecule has 1 saturated heterocycles. The molecule has 0 aliphatic carbocycles. The number of thiophene rings is 1. The van der Waals surface area contributed by atoms with E-state index in [0.29, 0.717) is 0 Å². The molecule has 0 spiro atoms. The van der Waals surface area contributed by atoms with Crippen molar-refractivity contribution in [1.29, 1.82) is 0 Å². The van der Waals surface area contributed by atoms with Crippen LogP contribution in [0.3, 0.4) is 0 Å². The van der Waals surface area contributed by atoms with Crippen LogP contribution in [0.5, 0.6) is 0 Å². The van der Waals surface area contributed by atoms with Gasteiger partial charge < -0.3 is 10.2 Å². The highest BCUT2D eigenvalue weighted by Crippen LogP contribution is 2.40. The number of nitrogens with zero attached hydrogens (tertiary/aromatic N) is 2. The summed E-state index contributed by atoms with van der Waals surface area (Å²) in [5.74, 6) is 0. The largest absolute Gasteiger partial charge is 0.352 e. The number of nitrogens with one attached hydrogen (secondary N) is 1. The molecule has 3 rings (SSSR count). The van der Waals surface area contributed by atoms with E-state index in [1.165, 1.54) is 4.88 Å². The van der Waals surface area contributed by atoms with Gasteiger partial charge in [-0.2, -0.15) is 0 Å². The van der Waals surface area contributed by atoms with Gasteiger partial charge in [0, 0.05) is 17.6 Å². The summed E-state index contributed by atoms with van der Waals surface area (Å²) >= 11 is 7.31. The maximum Gasteiger partial charge on any atom is 0.170 e. The topological polar surface area (TPSA) is 28.2 Å². The third kappa shape index (κ3) is 2.43. The van der Waals surface area contributed by atoms with Gasteiger partial charge in [-0.25, -0.2) is 0 Å². The van der Waals surface area contributed by atoms with E-state index in [0.717, 1.165) is 23.8 Å². The van der Waals surface area contributed by atoms with Gasteiger partial charge in [0.25, 0.3) is 0 Å². The predicted octanol–water partition coefficient (Wildman–Crippen LogP) is 3.53. The molecular weight excluding hydrogens is 286 g/mol. The van der Waals surface area contributed by atoms with E-state index in [9.17, 15) is 0 Å². The Morgan fingerprint density at radius 1 is 1.35 bits per heavy atom. The molecule has 1 aliphatic rings. The van der Waals surface area contributed by atoms with Crippen LogP contribution >= 0.6 is 23.6 Å². The van der Waals surface area contributed by atoms with Crippen molar-refractivity contribution in [3.05, 3.63) is 52.5 Å². The Balaban J connectivity index is 1.99. The van der Waals surface area contributed by atoms with Gasteiger partial charge in [0.2, 0.25) is 0 Å². The molecule has 1 aliphatic heterocycles. The zero-order valence-electron chi connectivity index (χ0n) is 11.3. The van der Waals surface area contributed by atoms with Gasteiger partial charge in [-0.05, 0) is 42.2 Å². The summed E-state index contributed by atoms with van der Waals surface area (Å²) in [6.07, 6.45) is 2.92. The third-order valence-electron chi connectivity index (χ3n) is 3.50. The van der Waals surface area contributed by atoms with Gasteiger partial charge in [-0.1, -0.05) is 19.1 Å². The number of aromatic nitrogens is 1. The van der Waals surface area contributed by atoms with E-state index in [4.69, 9.17) is 12.2 Å². The molecule has 1 N–H and O–H groups in total. The molecule has 5 heteroatoms. The van der Waals surface area contributed by atoms with Crippen LogP contribution < -0.4 is 5.32 Å². The van der Waals surface area contributed by atoms with E-state index < -0.39 is 0 Å². The maximum absolute atomic E-state index is 5.53. The lowest BCUT2D eigenvalue weighted by atomic mass is 10.0. The van der Waals surface area contributed by atoms with Crippen molar-refractivity contribution in [2.45, 2.75) is 25.4 Å². The van der Waals surface area contributed by atoms with Crippen molar-refractivity contribution >= 4 is 28.7 Å². The van der Waals surface area contributed by atoms with Crippen LogP contribution in [0.15, 0.2) is 41.9 Å². The van der Waals surface area contributed by atoms with Crippen molar-refractivity contribution < 1.29 is 0 Å². The molecule has 3 nitrogen and oxygen atoms in total. The minimum atomic E-state index is 0.133. The van der Waals surface area contributed by atoms with Crippen LogP contribution in [0.2, 0.25) is 0 Å². The normalized spacial score (nSPS) is 22.1. The van der Waals surface area contributed by atoms with Crippen molar-refractivity contribution in [3.8, 4) is 0 Å². The molecule has 3 heterocycles. The van der Waals surface area contributed by atoms with Crippen LogP contribution in [-0.2, 0) is 0 Å². The number of rotatable bonds is 4. The first kappa shape index (κ1) is 13.5. The Kier molecular flexibility index (Phi) is 3.98. The molecule has 0 bridgehead atoms. The average molecular weight is 303 g/mol. The van der Waals surface area contributed by atoms with Gasteiger partial charge in [0.15, 0.2) is 5.11 Å². The lowest BCUT2D eigenvalue weighted by Crippen LogP contribution is -2.29. The molecule has 2 aromatic heterocycles. The molecule has 0 amide bonds. The zero-order valence-corrected chi connectivity index (χ0v) is 13.0. The number of thiocarbonyl (C=S) groups is 1. The fraction of sp³-hybridized carbons (Fsp3) is 0.333. The monoisotopic (exact) mass is 303 g/mol. The molecule has 2 atom stereocenters. The maximum atomic E-state index is 5.53. The molecule has 0 aromatic carbocycles. The average Bonchev–Trinajstić information content (AvgIpc) is 3.09. The van der Waals surface area contributed by atoms with E-state index in [2.05, 4.69) is 45.7 Å². The summed E-state index contributed by atoms with van der Waals surface area (Å²) < 4.78 is 0. The Bertz CT molecular complexity index is 568. The van der Waals surface area contributed by atoms with Crippen molar-refractivity contribution in [1.82, 2.24) is 15.2 Å². The van der Waals surface area contributed by atoms with Crippen molar-refractivity contribution in [2.75, 3.05) is 6.54 Å². The molecule has 1 fully saturated rings. The summed E-state index contributed by atoms with van der Waals surface area (Å²) in [5.41, 5.74) is 1.05. The SMILES string of the molecule is CCCN1C(=S)N[C@H](c2ccccn2)[C@@H]1c1cccs1. The van der Waals surface area contributed by atoms with Crippen LogP contribution in [0.4, 0.5) is 0 Å². The summed E-state index contributed by atoms with van der Waals surface area (Å²) in [4.78, 5) is 8.13.